The third kappa shape index (κ3) is 6.22. The molecule has 1 aliphatic carbocycles. The Hall–Kier alpha value is -2.31. The standard InChI is InChI=1S/C27H33ClN4OS/c1-27(2,3)20-12-10-19(11-13-20)25-30-31-26(32(25)23-16-14-21(28)15-17-23)34-18-24(33)29-22-8-6-4-5-7-9-22/h10-17,22H,4-9,18H2,1-3H3,(H,29,33). The van der Waals surface area contributed by atoms with E-state index in [1.165, 1.54) is 43.0 Å². The molecule has 0 radical (unpaired) electrons. The van der Waals surface area contributed by atoms with Gasteiger partial charge in [-0.1, -0.05) is 94.1 Å². The Kier molecular flexibility index (Phi) is 7.99. The fraction of sp³-hybridized carbons (Fsp3) is 0.444. The monoisotopic (exact) mass is 496 g/mol. The Bertz CT molecular complexity index is 1100. The van der Waals surface area contributed by atoms with Crippen molar-refractivity contribution in [2.24, 2.45) is 0 Å². The van der Waals surface area contributed by atoms with Crippen molar-refractivity contribution in [1.29, 1.82) is 0 Å². The molecule has 1 saturated carbocycles. The number of hydrogen-bond acceptors (Lipinski definition) is 4. The molecule has 7 heteroatoms. The Balaban J connectivity index is 1.57. The summed E-state index contributed by atoms with van der Waals surface area (Å²) in [5, 5.41) is 13.5. The number of rotatable bonds is 6. The summed E-state index contributed by atoms with van der Waals surface area (Å²) >= 11 is 7.55. The highest BCUT2D eigenvalue weighted by atomic mass is 35.5. The molecule has 0 unspecified atom stereocenters. The molecule has 1 heterocycles. The molecule has 0 aliphatic heterocycles. The lowest BCUT2D eigenvalue weighted by molar-refractivity contribution is -0.119. The van der Waals surface area contributed by atoms with Gasteiger partial charge in [0.1, 0.15) is 0 Å². The summed E-state index contributed by atoms with van der Waals surface area (Å²) in [7, 11) is 0. The second-order valence-electron chi connectivity index (χ2n) is 9.99. The van der Waals surface area contributed by atoms with Gasteiger partial charge in [0, 0.05) is 22.3 Å². The van der Waals surface area contributed by atoms with E-state index in [9.17, 15) is 4.79 Å². The molecular weight excluding hydrogens is 464 g/mol. The highest BCUT2D eigenvalue weighted by Crippen LogP contribution is 2.30. The van der Waals surface area contributed by atoms with Crippen molar-refractivity contribution in [3.8, 4) is 17.1 Å². The van der Waals surface area contributed by atoms with Crippen LogP contribution in [0, 0.1) is 0 Å². The highest BCUT2D eigenvalue weighted by Gasteiger charge is 2.20. The van der Waals surface area contributed by atoms with Gasteiger partial charge in [-0.15, -0.1) is 10.2 Å². The molecule has 1 aliphatic rings. The number of carbonyl (C=O) groups is 1. The maximum absolute atomic E-state index is 12.7. The first-order chi connectivity index (χ1) is 16.3. The maximum atomic E-state index is 12.7. The van der Waals surface area contributed by atoms with Gasteiger partial charge in [-0.3, -0.25) is 9.36 Å². The van der Waals surface area contributed by atoms with E-state index in [0.29, 0.717) is 22.0 Å². The molecule has 1 N–H and O–H groups in total. The Morgan fingerprint density at radius 2 is 1.65 bits per heavy atom. The summed E-state index contributed by atoms with van der Waals surface area (Å²) in [5.41, 5.74) is 3.23. The topological polar surface area (TPSA) is 59.8 Å². The van der Waals surface area contributed by atoms with E-state index in [1.54, 1.807) is 0 Å². The van der Waals surface area contributed by atoms with Gasteiger partial charge in [0.15, 0.2) is 11.0 Å². The fourth-order valence-electron chi connectivity index (χ4n) is 4.32. The van der Waals surface area contributed by atoms with Crippen molar-refractivity contribution in [3.63, 3.8) is 0 Å². The number of thioether (sulfide) groups is 1. The van der Waals surface area contributed by atoms with Crippen LogP contribution < -0.4 is 5.32 Å². The van der Waals surface area contributed by atoms with Gasteiger partial charge in [0.05, 0.1) is 5.75 Å². The van der Waals surface area contributed by atoms with Gasteiger partial charge in [0.2, 0.25) is 5.91 Å². The smallest absolute Gasteiger partial charge is 0.230 e. The van der Waals surface area contributed by atoms with Crippen LogP contribution in [0.4, 0.5) is 0 Å². The van der Waals surface area contributed by atoms with Crippen LogP contribution >= 0.6 is 23.4 Å². The van der Waals surface area contributed by atoms with Crippen molar-refractivity contribution in [2.75, 3.05) is 5.75 Å². The number of halogens is 1. The Labute approximate surface area is 211 Å². The molecule has 1 amide bonds. The molecule has 4 rings (SSSR count). The highest BCUT2D eigenvalue weighted by molar-refractivity contribution is 7.99. The lowest BCUT2D eigenvalue weighted by Crippen LogP contribution is -2.35. The third-order valence-electron chi connectivity index (χ3n) is 6.28. The SMILES string of the molecule is CC(C)(C)c1ccc(-c2nnc(SCC(=O)NC3CCCCCC3)n2-c2ccc(Cl)cc2)cc1. The number of aromatic nitrogens is 3. The molecule has 0 atom stereocenters. The van der Waals surface area contributed by atoms with Gasteiger partial charge in [-0.05, 0) is 48.1 Å². The molecule has 34 heavy (non-hydrogen) atoms. The molecule has 0 bridgehead atoms. The zero-order valence-corrected chi connectivity index (χ0v) is 21.8. The van der Waals surface area contributed by atoms with Gasteiger partial charge < -0.3 is 5.32 Å². The second-order valence-corrected chi connectivity index (χ2v) is 11.4. The van der Waals surface area contributed by atoms with Crippen molar-refractivity contribution < 1.29 is 4.79 Å². The van der Waals surface area contributed by atoms with Crippen LogP contribution in [0.5, 0.6) is 0 Å². The normalized spacial score (nSPS) is 15.2. The molecule has 0 spiro atoms. The average molecular weight is 497 g/mol. The minimum Gasteiger partial charge on any atom is -0.353 e. The lowest BCUT2D eigenvalue weighted by atomic mass is 9.87. The number of nitrogens with one attached hydrogen (secondary N) is 1. The van der Waals surface area contributed by atoms with E-state index in [1.807, 2.05) is 28.8 Å². The first-order valence-corrected chi connectivity index (χ1v) is 13.4. The quantitative estimate of drug-likeness (QED) is 0.300. The minimum absolute atomic E-state index is 0.0543. The van der Waals surface area contributed by atoms with E-state index >= 15 is 0 Å². The first-order valence-electron chi connectivity index (χ1n) is 12.1. The summed E-state index contributed by atoms with van der Waals surface area (Å²) in [6.45, 7) is 6.60. The number of carbonyl (C=O) groups excluding carboxylic acids is 1. The number of nitrogens with zero attached hydrogens (tertiary/aromatic N) is 3. The third-order valence-corrected chi connectivity index (χ3v) is 7.46. The zero-order chi connectivity index (χ0) is 24.1. The van der Waals surface area contributed by atoms with Crippen LogP contribution in [0.15, 0.2) is 53.7 Å². The summed E-state index contributed by atoms with van der Waals surface area (Å²) in [5.74, 6) is 1.11. The van der Waals surface area contributed by atoms with E-state index < -0.39 is 0 Å². The summed E-state index contributed by atoms with van der Waals surface area (Å²) in [6.07, 6.45) is 7.08. The van der Waals surface area contributed by atoms with Crippen molar-refractivity contribution in [3.05, 3.63) is 59.1 Å². The van der Waals surface area contributed by atoms with E-state index in [-0.39, 0.29) is 11.3 Å². The molecule has 3 aromatic rings. The van der Waals surface area contributed by atoms with Crippen molar-refractivity contribution in [2.45, 2.75) is 75.9 Å². The predicted molar refractivity (Wildman–Crippen MR) is 141 cm³/mol. The number of hydrogen-bond donors (Lipinski definition) is 1. The van der Waals surface area contributed by atoms with Gasteiger partial charge >= 0.3 is 0 Å². The van der Waals surface area contributed by atoms with Gasteiger partial charge in [0.25, 0.3) is 0 Å². The second kappa shape index (κ2) is 11.0. The first kappa shape index (κ1) is 24.8. The molecule has 1 fully saturated rings. The summed E-state index contributed by atoms with van der Waals surface area (Å²) in [4.78, 5) is 12.7. The van der Waals surface area contributed by atoms with Crippen LogP contribution in [0.2, 0.25) is 5.02 Å². The van der Waals surface area contributed by atoms with Crippen LogP contribution in [-0.2, 0) is 10.2 Å². The van der Waals surface area contributed by atoms with Gasteiger partial charge in [-0.2, -0.15) is 0 Å². The maximum Gasteiger partial charge on any atom is 0.230 e. The van der Waals surface area contributed by atoms with Gasteiger partial charge in [-0.25, -0.2) is 0 Å². The van der Waals surface area contributed by atoms with E-state index in [0.717, 1.165) is 29.9 Å². The molecule has 2 aromatic carbocycles. The summed E-state index contributed by atoms with van der Waals surface area (Å²) in [6, 6.07) is 16.4. The number of benzene rings is 2. The number of amides is 1. The largest absolute Gasteiger partial charge is 0.353 e. The molecular formula is C27H33ClN4OS. The lowest BCUT2D eigenvalue weighted by Gasteiger charge is -2.19. The van der Waals surface area contributed by atoms with Crippen LogP contribution in [0.1, 0.15) is 64.9 Å². The predicted octanol–water partition coefficient (Wildman–Crippen LogP) is 6.82. The summed E-state index contributed by atoms with van der Waals surface area (Å²) < 4.78 is 2.01. The Morgan fingerprint density at radius 1 is 1.00 bits per heavy atom. The van der Waals surface area contributed by atoms with E-state index in [4.69, 9.17) is 11.6 Å². The average Bonchev–Trinajstić information content (AvgIpc) is 3.06. The van der Waals surface area contributed by atoms with Crippen LogP contribution in [0.3, 0.4) is 0 Å². The zero-order valence-electron chi connectivity index (χ0n) is 20.2. The van der Waals surface area contributed by atoms with Crippen molar-refractivity contribution in [1.82, 2.24) is 20.1 Å². The fourth-order valence-corrected chi connectivity index (χ4v) is 5.20. The Morgan fingerprint density at radius 3 is 2.26 bits per heavy atom. The minimum atomic E-state index is 0.0543. The molecule has 5 nitrogen and oxygen atoms in total. The molecule has 1 aromatic heterocycles. The molecule has 0 saturated heterocycles. The van der Waals surface area contributed by atoms with Crippen LogP contribution in [0.25, 0.3) is 17.1 Å². The van der Waals surface area contributed by atoms with Crippen molar-refractivity contribution >= 4 is 29.3 Å². The van der Waals surface area contributed by atoms with E-state index in [2.05, 4.69) is 60.6 Å². The molecule has 180 valence electrons. The van der Waals surface area contributed by atoms with Crippen LogP contribution in [-0.4, -0.2) is 32.5 Å².